The molecular weight excluding hydrogens is 196 g/mol. The van der Waals surface area contributed by atoms with Crippen LogP contribution in [0, 0.1) is 0 Å². The van der Waals surface area contributed by atoms with Gasteiger partial charge >= 0.3 is 0 Å². The van der Waals surface area contributed by atoms with Gasteiger partial charge in [0.1, 0.15) is 5.69 Å². The maximum Gasteiger partial charge on any atom is 0.270 e. The Morgan fingerprint density at radius 3 is 2.80 bits per heavy atom. The monoisotopic (exact) mass is 208 g/mol. The standard InChI is InChI=1S/C10H12N2O3/c1-2-11-3-4-12-6-9(14)8(13)5-7(12)10(11)15/h5-6,14H,2-4H2,1H3. The lowest BCUT2D eigenvalue weighted by atomic mass is 10.2. The van der Waals surface area contributed by atoms with Crippen molar-refractivity contribution in [2.24, 2.45) is 0 Å². The number of carbonyl (C=O) groups is 1. The predicted molar refractivity (Wildman–Crippen MR) is 53.9 cm³/mol. The molecule has 1 aliphatic rings. The maximum absolute atomic E-state index is 11.8. The maximum atomic E-state index is 11.8. The van der Waals surface area contributed by atoms with Gasteiger partial charge in [0.25, 0.3) is 5.91 Å². The highest BCUT2D eigenvalue weighted by Gasteiger charge is 2.23. The summed E-state index contributed by atoms with van der Waals surface area (Å²) in [4.78, 5) is 24.7. The van der Waals surface area contributed by atoms with E-state index in [0.29, 0.717) is 25.3 Å². The van der Waals surface area contributed by atoms with Gasteiger partial charge in [-0.25, -0.2) is 0 Å². The topological polar surface area (TPSA) is 62.5 Å². The summed E-state index contributed by atoms with van der Waals surface area (Å²) < 4.78 is 1.62. The van der Waals surface area contributed by atoms with E-state index < -0.39 is 5.43 Å². The molecule has 0 spiro atoms. The van der Waals surface area contributed by atoms with Gasteiger partial charge in [-0.2, -0.15) is 0 Å². The van der Waals surface area contributed by atoms with Crippen molar-refractivity contribution in [2.45, 2.75) is 13.5 Å². The molecule has 15 heavy (non-hydrogen) atoms. The van der Waals surface area contributed by atoms with E-state index in [4.69, 9.17) is 0 Å². The molecule has 0 bridgehead atoms. The first-order valence-corrected chi connectivity index (χ1v) is 4.86. The fraction of sp³-hybridized carbons (Fsp3) is 0.400. The van der Waals surface area contributed by atoms with E-state index in [2.05, 4.69) is 0 Å². The van der Waals surface area contributed by atoms with Crippen molar-refractivity contribution in [3.8, 4) is 5.75 Å². The minimum Gasteiger partial charge on any atom is -0.503 e. The average molecular weight is 208 g/mol. The van der Waals surface area contributed by atoms with Crippen LogP contribution in [0.15, 0.2) is 17.1 Å². The minimum atomic E-state index is -0.507. The van der Waals surface area contributed by atoms with Crippen LogP contribution >= 0.6 is 0 Å². The summed E-state index contributed by atoms with van der Waals surface area (Å²) in [5, 5.41) is 9.23. The van der Waals surface area contributed by atoms with Crippen molar-refractivity contribution in [3.05, 3.63) is 28.2 Å². The van der Waals surface area contributed by atoms with Gasteiger partial charge in [0, 0.05) is 25.7 Å². The third-order valence-electron chi connectivity index (χ3n) is 2.61. The summed E-state index contributed by atoms with van der Waals surface area (Å²) in [5.74, 6) is -0.461. The van der Waals surface area contributed by atoms with Gasteiger partial charge in [-0.3, -0.25) is 9.59 Å². The highest BCUT2D eigenvalue weighted by molar-refractivity contribution is 5.93. The fourth-order valence-corrected chi connectivity index (χ4v) is 1.73. The first-order valence-electron chi connectivity index (χ1n) is 4.86. The van der Waals surface area contributed by atoms with E-state index in [0.717, 1.165) is 0 Å². The van der Waals surface area contributed by atoms with Crippen LogP contribution in [0.5, 0.6) is 5.75 Å². The lowest BCUT2D eigenvalue weighted by Crippen LogP contribution is -2.41. The Kier molecular flexibility index (Phi) is 2.22. The van der Waals surface area contributed by atoms with Gasteiger partial charge in [0.2, 0.25) is 5.43 Å². The normalized spacial score (nSPS) is 15.3. The number of carbonyl (C=O) groups excluding carboxylic acids is 1. The van der Waals surface area contributed by atoms with E-state index >= 15 is 0 Å². The molecule has 0 radical (unpaired) electrons. The molecule has 0 unspecified atom stereocenters. The van der Waals surface area contributed by atoms with Crippen LogP contribution in [0.3, 0.4) is 0 Å². The van der Waals surface area contributed by atoms with E-state index in [9.17, 15) is 14.7 Å². The number of fused-ring (bicyclic) bond motifs is 1. The molecule has 0 aliphatic carbocycles. The molecule has 2 heterocycles. The quantitative estimate of drug-likeness (QED) is 0.708. The second-order valence-corrected chi connectivity index (χ2v) is 3.49. The van der Waals surface area contributed by atoms with Crippen molar-refractivity contribution in [1.82, 2.24) is 9.47 Å². The zero-order chi connectivity index (χ0) is 11.0. The van der Waals surface area contributed by atoms with Gasteiger partial charge in [-0.1, -0.05) is 0 Å². The molecule has 0 aromatic carbocycles. The molecule has 80 valence electrons. The van der Waals surface area contributed by atoms with Crippen LogP contribution in [0.2, 0.25) is 0 Å². The van der Waals surface area contributed by atoms with Gasteiger partial charge in [0.15, 0.2) is 5.75 Å². The van der Waals surface area contributed by atoms with Crippen LogP contribution in [0.4, 0.5) is 0 Å². The molecular formula is C10H12N2O3. The lowest BCUT2D eigenvalue weighted by molar-refractivity contribution is 0.0712. The summed E-state index contributed by atoms with van der Waals surface area (Å²) in [6.45, 7) is 3.76. The number of likely N-dealkylation sites (N-methyl/N-ethyl adjacent to an activating group) is 1. The van der Waals surface area contributed by atoms with Crippen molar-refractivity contribution in [2.75, 3.05) is 13.1 Å². The third kappa shape index (κ3) is 1.49. The molecule has 0 atom stereocenters. The largest absolute Gasteiger partial charge is 0.503 e. The molecule has 1 aromatic rings. The fourth-order valence-electron chi connectivity index (χ4n) is 1.73. The average Bonchev–Trinajstić information content (AvgIpc) is 2.22. The van der Waals surface area contributed by atoms with Gasteiger partial charge in [-0.15, -0.1) is 0 Å². The number of nitrogens with zero attached hydrogens (tertiary/aromatic N) is 2. The van der Waals surface area contributed by atoms with Crippen molar-refractivity contribution < 1.29 is 9.90 Å². The van der Waals surface area contributed by atoms with Crippen LogP contribution in [0.1, 0.15) is 17.4 Å². The van der Waals surface area contributed by atoms with Gasteiger partial charge < -0.3 is 14.6 Å². The summed E-state index contributed by atoms with van der Waals surface area (Å²) >= 11 is 0. The predicted octanol–water partition coefficient (Wildman–Crippen LogP) is 0.0296. The zero-order valence-corrected chi connectivity index (χ0v) is 8.43. The van der Waals surface area contributed by atoms with Crippen molar-refractivity contribution in [3.63, 3.8) is 0 Å². The highest BCUT2D eigenvalue weighted by Crippen LogP contribution is 2.13. The number of rotatable bonds is 1. The third-order valence-corrected chi connectivity index (χ3v) is 2.61. The number of aromatic nitrogens is 1. The summed E-state index contributed by atoms with van der Waals surface area (Å²) in [7, 11) is 0. The summed E-state index contributed by atoms with van der Waals surface area (Å²) in [6.07, 6.45) is 1.32. The van der Waals surface area contributed by atoms with E-state index in [1.54, 1.807) is 9.47 Å². The molecule has 1 amide bonds. The Bertz CT molecular complexity index is 464. The zero-order valence-electron chi connectivity index (χ0n) is 8.43. The number of aromatic hydroxyl groups is 1. The Morgan fingerprint density at radius 2 is 2.13 bits per heavy atom. The molecule has 0 saturated heterocycles. The number of hydrogen-bond donors (Lipinski definition) is 1. The Hall–Kier alpha value is -1.78. The summed E-state index contributed by atoms with van der Waals surface area (Å²) in [5.41, 5.74) is -0.154. The molecule has 5 heteroatoms. The lowest BCUT2D eigenvalue weighted by Gasteiger charge is -2.28. The van der Waals surface area contributed by atoms with Crippen molar-refractivity contribution in [1.29, 1.82) is 0 Å². The molecule has 2 rings (SSSR count). The molecule has 5 nitrogen and oxygen atoms in total. The second-order valence-electron chi connectivity index (χ2n) is 3.49. The van der Waals surface area contributed by atoms with Crippen LogP contribution in [-0.2, 0) is 6.54 Å². The first kappa shape index (κ1) is 9.76. The Labute approximate surface area is 86.6 Å². The van der Waals surface area contributed by atoms with Gasteiger partial charge in [0.05, 0.1) is 6.20 Å². The number of amides is 1. The Morgan fingerprint density at radius 1 is 1.40 bits per heavy atom. The smallest absolute Gasteiger partial charge is 0.270 e. The SMILES string of the molecule is CCN1CCn2cc(O)c(=O)cc2C1=O. The Balaban J connectivity index is 2.52. The number of pyridine rings is 1. The van der Waals surface area contributed by atoms with Crippen molar-refractivity contribution >= 4 is 5.91 Å². The molecule has 1 N–H and O–H groups in total. The van der Waals surface area contributed by atoms with Crippen LogP contribution in [-0.4, -0.2) is 33.6 Å². The molecule has 1 aliphatic heterocycles. The van der Waals surface area contributed by atoms with Crippen LogP contribution in [0.25, 0.3) is 0 Å². The number of hydrogen-bond acceptors (Lipinski definition) is 3. The molecule has 1 aromatic heterocycles. The second kappa shape index (κ2) is 3.42. The van der Waals surface area contributed by atoms with Crippen LogP contribution < -0.4 is 5.43 Å². The summed E-state index contributed by atoms with van der Waals surface area (Å²) in [6, 6.07) is 1.19. The minimum absolute atomic E-state index is 0.152. The first-order chi connectivity index (χ1) is 7.13. The molecule has 0 fully saturated rings. The van der Waals surface area contributed by atoms with E-state index in [-0.39, 0.29) is 11.7 Å². The van der Waals surface area contributed by atoms with E-state index in [1.165, 1.54) is 12.3 Å². The highest BCUT2D eigenvalue weighted by atomic mass is 16.3. The molecule has 0 saturated carbocycles. The van der Waals surface area contributed by atoms with E-state index in [1.807, 2.05) is 6.92 Å². The van der Waals surface area contributed by atoms with Gasteiger partial charge in [-0.05, 0) is 6.92 Å².